The first-order chi connectivity index (χ1) is 12.4. The lowest BCUT2D eigenvalue weighted by atomic mass is 10.1. The molecule has 2 aromatic rings. The van der Waals surface area contributed by atoms with E-state index in [1.807, 2.05) is 37.3 Å². The first-order valence-electron chi connectivity index (χ1n) is 8.23. The van der Waals surface area contributed by atoms with Crippen molar-refractivity contribution in [2.45, 2.75) is 26.9 Å². The predicted molar refractivity (Wildman–Crippen MR) is 99.3 cm³/mol. The fourth-order valence-electron chi connectivity index (χ4n) is 2.28. The van der Waals surface area contributed by atoms with E-state index in [-0.39, 0.29) is 11.5 Å². The molecule has 0 bridgehead atoms. The van der Waals surface area contributed by atoms with Gasteiger partial charge in [0.2, 0.25) is 11.7 Å². The van der Waals surface area contributed by atoms with Gasteiger partial charge in [0.25, 0.3) is 0 Å². The Morgan fingerprint density at radius 2 is 1.62 bits per heavy atom. The summed E-state index contributed by atoms with van der Waals surface area (Å²) >= 11 is 0. The number of hydrogen-bond acceptors (Lipinski definition) is 4. The summed E-state index contributed by atoms with van der Waals surface area (Å²) in [5.41, 5.74) is 2.20. The van der Waals surface area contributed by atoms with Crippen molar-refractivity contribution in [2.75, 3.05) is 0 Å². The minimum Gasteiger partial charge on any atom is -0.450 e. The molecular weight excluding hydrogens is 330 g/mol. The Morgan fingerprint density at radius 1 is 1.00 bits per heavy atom. The number of nitrogens with one attached hydrogen (secondary N) is 1. The van der Waals surface area contributed by atoms with Gasteiger partial charge < -0.3 is 10.1 Å². The van der Waals surface area contributed by atoms with Gasteiger partial charge in [-0.1, -0.05) is 60.2 Å². The van der Waals surface area contributed by atoms with E-state index >= 15 is 0 Å². The molecule has 0 aromatic heterocycles. The van der Waals surface area contributed by atoms with E-state index in [4.69, 9.17) is 4.74 Å². The molecule has 2 rings (SSSR count). The highest BCUT2D eigenvalue weighted by molar-refractivity contribution is 6.03. The Hall–Kier alpha value is -3.21. The lowest BCUT2D eigenvalue weighted by Crippen LogP contribution is -2.31. The Kier molecular flexibility index (Phi) is 6.44. The van der Waals surface area contributed by atoms with Gasteiger partial charge >= 0.3 is 5.97 Å². The molecule has 134 valence electrons. The second-order valence-electron chi connectivity index (χ2n) is 5.93. The van der Waals surface area contributed by atoms with Gasteiger partial charge in [-0.25, -0.2) is 4.79 Å². The van der Waals surface area contributed by atoms with Gasteiger partial charge in [0.05, 0.1) is 0 Å². The number of esters is 1. The molecule has 1 atom stereocenters. The monoisotopic (exact) mass is 351 g/mol. The third-order valence-electron chi connectivity index (χ3n) is 3.63. The number of aryl methyl sites for hydroxylation is 1. The van der Waals surface area contributed by atoms with Crippen molar-refractivity contribution >= 4 is 23.7 Å². The summed E-state index contributed by atoms with van der Waals surface area (Å²) in [5.74, 6) is -1.47. The number of benzene rings is 2. The van der Waals surface area contributed by atoms with Crippen molar-refractivity contribution in [1.82, 2.24) is 5.32 Å². The summed E-state index contributed by atoms with van der Waals surface area (Å²) in [7, 11) is 0. The van der Waals surface area contributed by atoms with Crippen LogP contribution in [0.1, 0.15) is 35.3 Å². The number of rotatable bonds is 6. The van der Waals surface area contributed by atoms with Crippen molar-refractivity contribution in [3.63, 3.8) is 0 Å². The van der Waals surface area contributed by atoms with Crippen molar-refractivity contribution in [3.05, 3.63) is 77.0 Å². The Bertz CT molecular complexity index is 823. The van der Waals surface area contributed by atoms with Crippen LogP contribution < -0.4 is 5.32 Å². The zero-order valence-corrected chi connectivity index (χ0v) is 15.0. The van der Waals surface area contributed by atoms with Gasteiger partial charge in [0.15, 0.2) is 6.10 Å². The minimum absolute atomic E-state index is 0.0211. The molecule has 0 aliphatic rings. The van der Waals surface area contributed by atoms with Crippen LogP contribution >= 0.6 is 0 Å². The lowest BCUT2D eigenvalue weighted by molar-refractivity contribution is -0.142. The first kappa shape index (κ1) is 19.1. The zero-order chi connectivity index (χ0) is 19.1. The molecule has 0 spiro atoms. The van der Waals surface area contributed by atoms with Crippen molar-refractivity contribution in [1.29, 1.82) is 0 Å². The largest absolute Gasteiger partial charge is 0.450 e. The smallest absolute Gasteiger partial charge is 0.355 e. The predicted octanol–water partition coefficient (Wildman–Crippen LogP) is 3.29. The van der Waals surface area contributed by atoms with Gasteiger partial charge in [0.1, 0.15) is 5.70 Å². The van der Waals surface area contributed by atoms with E-state index in [9.17, 15) is 14.4 Å². The van der Waals surface area contributed by atoms with Crippen molar-refractivity contribution in [3.8, 4) is 0 Å². The molecule has 0 aliphatic carbocycles. The SMILES string of the molecule is CC(=O)N/C(=C\c1ccccc1)C(=O)O[C@@H](C)C(=O)c1ccc(C)cc1. The standard InChI is InChI=1S/C21H21NO4/c1-14-9-11-18(12-10-14)20(24)15(2)26-21(25)19(22-16(3)23)13-17-7-5-4-6-8-17/h4-13,15H,1-3H3,(H,22,23)/b19-13-/t15-/m0/s1. The van der Waals surface area contributed by atoms with E-state index < -0.39 is 18.0 Å². The zero-order valence-electron chi connectivity index (χ0n) is 15.0. The van der Waals surface area contributed by atoms with E-state index in [0.29, 0.717) is 5.56 Å². The third-order valence-corrected chi connectivity index (χ3v) is 3.63. The summed E-state index contributed by atoms with van der Waals surface area (Å²) < 4.78 is 5.26. The molecule has 0 heterocycles. The summed E-state index contributed by atoms with van der Waals surface area (Å²) in [5, 5.41) is 2.46. The molecule has 0 fully saturated rings. The van der Waals surface area contributed by atoms with Crippen LogP contribution in [0.4, 0.5) is 0 Å². The number of ketones is 1. The van der Waals surface area contributed by atoms with E-state index in [0.717, 1.165) is 11.1 Å². The maximum atomic E-state index is 12.4. The summed E-state index contributed by atoms with van der Waals surface area (Å²) in [6, 6.07) is 16.1. The number of amides is 1. The molecule has 0 radical (unpaired) electrons. The fourth-order valence-corrected chi connectivity index (χ4v) is 2.28. The normalized spacial score (nSPS) is 12.2. The van der Waals surface area contributed by atoms with Crippen LogP contribution in [0.2, 0.25) is 0 Å². The van der Waals surface area contributed by atoms with Crippen LogP contribution in [0.3, 0.4) is 0 Å². The fraction of sp³-hybridized carbons (Fsp3) is 0.190. The van der Waals surface area contributed by atoms with Crippen molar-refractivity contribution in [2.24, 2.45) is 0 Å². The van der Waals surface area contributed by atoms with E-state index in [1.165, 1.54) is 19.9 Å². The number of carbonyl (C=O) groups excluding carboxylic acids is 3. The second kappa shape index (κ2) is 8.76. The van der Waals surface area contributed by atoms with Gasteiger partial charge in [-0.3, -0.25) is 9.59 Å². The average molecular weight is 351 g/mol. The topological polar surface area (TPSA) is 72.5 Å². The lowest BCUT2D eigenvalue weighted by Gasteiger charge is -2.14. The minimum atomic E-state index is -0.974. The molecule has 0 saturated carbocycles. The van der Waals surface area contributed by atoms with Crippen LogP contribution in [0, 0.1) is 6.92 Å². The number of ether oxygens (including phenoxy) is 1. The molecule has 5 heteroatoms. The Labute approximate surface area is 152 Å². The molecule has 1 amide bonds. The molecule has 0 unspecified atom stereocenters. The third kappa shape index (κ3) is 5.41. The maximum Gasteiger partial charge on any atom is 0.355 e. The molecule has 1 N–H and O–H groups in total. The molecule has 0 aliphatic heterocycles. The molecular formula is C21H21NO4. The highest BCUT2D eigenvalue weighted by atomic mass is 16.5. The van der Waals surface area contributed by atoms with Gasteiger partial charge in [-0.15, -0.1) is 0 Å². The Balaban J connectivity index is 2.15. The van der Waals surface area contributed by atoms with Gasteiger partial charge in [-0.05, 0) is 25.5 Å². The average Bonchev–Trinajstić information content (AvgIpc) is 2.61. The Morgan fingerprint density at radius 3 is 2.19 bits per heavy atom. The van der Waals surface area contributed by atoms with E-state index in [2.05, 4.69) is 5.32 Å². The molecule has 26 heavy (non-hydrogen) atoms. The van der Waals surface area contributed by atoms with Crippen LogP contribution in [0.5, 0.6) is 0 Å². The van der Waals surface area contributed by atoms with Crippen LogP contribution in [0.15, 0.2) is 60.3 Å². The summed E-state index contributed by atoms with van der Waals surface area (Å²) in [4.78, 5) is 36.2. The highest BCUT2D eigenvalue weighted by Crippen LogP contribution is 2.11. The number of Topliss-reactive ketones (excluding diaryl/α,β-unsaturated/α-hetero) is 1. The molecule has 5 nitrogen and oxygen atoms in total. The quantitative estimate of drug-likeness (QED) is 0.492. The molecule has 2 aromatic carbocycles. The second-order valence-corrected chi connectivity index (χ2v) is 5.93. The first-order valence-corrected chi connectivity index (χ1v) is 8.23. The summed E-state index contributed by atoms with van der Waals surface area (Å²) in [6.07, 6.45) is 0.533. The summed E-state index contributed by atoms with van der Waals surface area (Å²) in [6.45, 7) is 4.73. The number of hydrogen-bond donors (Lipinski definition) is 1. The van der Waals surface area contributed by atoms with Gasteiger partial charge in [0, 0.05) is 12.5 Å². The van der Waals surface area contributed by atoms with Crippen LogP contribution in [-0.2, 0) is 14.3 Å². The van der Waals surface area contributed by atoms with E-state index in [1.54, 1.807) is 24.3 Å². The molecule has 0 saturated heterocycles. The van der Waals surface area contributed by atoms with Crippen molar-refractivity contribution < 1.29 is 19.1 Å². The maximum absolute atomic E-state index is 12.4. The van der Waals surface area contributed by atoms with Crippen LogP contribution in [-0.4, -0.2) is 23.8 Å². The van der Waals surface area contributed by atoms with Crippen LogP contribution in [0.25, 0.3) is 6.08 Å². The van der Waals surface area contributed by atoms with Gasteiger partial charge in [-0.2, -0.15) is 0 Å². The highest BCUT2D eigenvalue weighted by Gasteiger charge is 2.22. The number of carbonyl (C=O) groups is 3.